The van der Waals surface area contributed by atoms with E-state index in [2.05, 4.69) is 0 Å². The molecule has 2 N–H and O–H groups in total. The number of anilines is 1. The fourth-order valence-corrected chi connectivity index (χ4v) is 3.50. The van der Waals surface area contributed by atoms with Crippen molar-refractivity contribution in [3.05, 3.63) is 53.6 Å². The van der Waals surface area contributed by atoms with Crippen molar-refractivity contribution in [2.75, 3.05) is 5.32 Å². The van der Waals surface area contributed by atoms with E-state index in [0.717, 1.165) is 43.3 Å². The van der Waals surface area contributed by atoms with E-state index in [-0.39, 0.29) is 6.92 Å². The normalized spacial score (nSPS) is 14.4. The van der Waals surface area contributed by atoms with Crippen LogP contribution in [0.15, 0.2) is 46.2 Å². The Morgan fingerprint density at radius 2 is 1.57 bits per heavy atom. The lowest BCUT2D eigenvalue weighted by Crippen LogP contribution is -2.52. The predicted molar refractivity (Wildman–Crippen MR) is 88.3 cm³/mol. The van der Waals surface area contributed by atoms with Gasteiger partial charge in [0.15, 0.2) is 0 Å². The van der Waals surface area contributed by atoms with E-state index < -0.39 is 60.2 Å². The average Bonchev–Trinajstić information content (AvgIpc) is 2.58. The summed E-state index contributed by atoms with van der Waals surface area (Å²) in [5.74, 6) is -3.88. The summed E-state index contributed by atoms with van der Waals surface area (Å²) in [6.07, 6.45) is -5.28. The Balaban J connectivity index is 2.43. The summed E-state index contributed by atoms with van der Waals surface area (Å²) in [5.41, 5.74) is -4.66. The number of carbonyl (C=O) groups is 1. The minimum Gasteiger partial charge on any atom is -0.373 e. The zero-order chi connectivity index (χ0) is 21.5. The molecule has 152 valence electrons. The molecule has 1 amide bonds. The molecule has 2 rings (SSSR count). The first-order valence-electron chi connectivity index (χ1n) is 7.60. The van der Waals surface area contributed by atoms with E-state index in [1.165, 1.54) is 0 Å². The Morgan fingerprint density at radius 3 is 2.07 bits per heavy atom. The first-order valence-corrected chi connectivity index (χ1v) is 9.08. The van der Waals surface area contributed by atoms with Crippen LogP contribution in [0.3, 0.4) is 0 Å². The van der Waals surface area contributed by atoms with E-state index in [1.54, 1.807) is 5.32 Å². The summed E-state index contributed by atoms with van der Waals surface area (Å²) in [7, 11) is -4.39. The molecule has 0 aliphatic heterocycles. The quantitative estimate of drug-likeness (QED) is 0.584. The number of benzene rings is 2. The van der Waals surface area contributed by atoms with Gasteiger partial charge in [0.1, 0.15) is 16.5 Å². The molecular formula is C17H14F5NO4S. The largest absolute Gasteiger partial charge is 0.426 e. The van der Waals surface area contributed by atoms with Crippen LogP contribution >= 0.6 is 0 Å². The molecule has 0 fully saturated rings. The number of hydrogen-bond acceptors (Lipinski definition) is 4. The van der Waals surface area contributed by atoms with Crippen molar-refractivity contribution >= 4 is 21.4 Å². The van der Waals surface area contributed by atoms with Gasteiger partial charge in [-0.3, -0.25) is 4.79 Å². The zero-order valence-electron chi connectivity index (χ0n) is 14.4. The zero-order valence-corrected chi connectivity index (χ0v) is 15.3. The monoisotopic (exact) mass is 423 g/mol. The average molecular weight is 423 g/mol. The SMILES string of the molecule is Cc1c(NC(=O)[C@@](C)(O)C(F)(F)F)ccc(S(=O)(=O)c2ccc(F)cc2)c1F. The highest BCUT2D eigenvalue weighted by atomic mass is 32.2. The molecule has 0 saturated heterocycles. The van der Waals surface area contributed by atoms with Crippen molar-refractivity contribution in [2.24, 2.45) is 0 Å². The van der Waals surface area contributed by atoms with Gasteiger partial charge in [0.05, 0.1) is 4.90 Å². The number of sulfone groups is 1. The standard InChI is InChI=1S/C17H14F5NO4S/c1-9-12(23-15(24)16(2,25)17(20,21)22)7-8-13(14(9)19)28(26,27)11-5-3-10(18)4-6-11/h3-8,25H,1-2H3,(H,23,24)/t16-/m1/s1. The Bertz CT molecular complexity index is 1020. The topological polar surface area (TPSA) is 83.5 Å². The molecular weight excluding hydrogens is 409 g/mol. The first kappa shape index (κ1) is 21.8. The van der Waals surface area contributed by atoms with Gasteiger partial charge < -0.3 is 10.4 Å². The van der Waals surface area contributed by atoms with E-state index in [0.29, 0.717) is 0 Å². The summed E-state index contributed by atoms with van der Waals surface area (Å²) >= 11 is 0. The van der Waals surface area contributed by atoms with Crippen molar-refractivity contribution in [1.29, 1.82) is 0 Å². The van der Waals surface area contributed by atoms with Gasteiger partial charge >= 0.3 is 6.18 Å². The Hall–Kier alpha value is -2.53. The first-order chi connectivity index (χ1) is 12.7. The van der Waals surface area contributed by atoms with Crippen LogP contribution in [0.1, 0.15) is 12.5 Å². The van der Waals surface area contributed by atoms with Gasteiger partial charge in [0.25, 0.3) is 5.91 Å². The lowest BCUT2D eigenvalue weighted by atomic mass is 10.1. The summed E-state index contributed by atoms with van der Waals surface area (Å²) < 4.78 is 90.7. The third-order valence-electron chi connectivity index (χ3n) is 4.01. The maximum atomic E-state index is 14.6. The van der Waals surface area contributed by atoms with Crippen LogP contribution in [0.25, 0.3) is 0 Å². The van der Waals surface area contributed by atoms with E-state index >= 15 is 0 Å². The minimum atomic E-state index is -5.28. The molecule has 0 heterocycles. The van der Waals surface area contributed by atoms with Crippen molar-refractivity contribution in [1.82, 2.24) is 0 Å². The third-order valence-corrected chi connectivity index (χ3v) is 5.79. The molecule has 0 bridgehead atoms. The molecule has 28 heavy (non-hydrogen) atoms. The number of nitrogens with one attached hydrogen (secondary N) is 1. The highest BCUT2D eigenvalue weighted by molar-refractivity contribution is 7.91. The number of halogens is 5. The van der Waals surface area contributed by atoms with Crippen LogP contribution < -0.4 is 5.32 Å². The van der Waals surface area contributed by atoms with Crippen molar-refractivity contribution in [3.63, 3.8) is 0 Å². The summed E-state index contributed by atoms with van der Waals surface area (Å²) in [6, 6.07) is 5.22. The Kier molecular flexibility index (Phi) is 5.55. The maximum absolute atomic E-state index is 14.6. The lowest BCUT2D eigenvalue weighted by molar-refractivity contribution is -0.242. The maximum Gasteiger partial charge on any atom is 0.426 e. The molecule has 0 aliphatic carbocycles. The smallest absolute Gasteiger partial charge is 0.373 e. The molecule has 1 atom stereocenters. The molecule has 2 aromatic rings. The molecule has 11 heteroatoms. The second-order valence-corrected chi connectivity index (χ2v) is 7.95. The van der Waals surface area contributed by atoms with Crippen LogP contribution in [-0.4, -0.2) is 31.2 Å². The van der Waals surface area contributed by atoms with Crippen LogP contribution in [0.4, 0.5) is 27.6 Å². The number of hydrogen-bond donors (Lipinski definition) is 2. The number of rotatable bonds is 4. The van der Waals surface area contributed by atoms with Crippen LogP contribution in [0, 0.1) is 18.6 Å². The second kappa shape index (κ2) is 7.13. The molecule has 0 aromatic heterocycles. The Morgan fingerprint density at radius 1 is 1.04 bits per heavy atom. The molecule has 0 radical (unpaired) electrons. The number of alkyl halides is 3. The molecule has 0 aliphatic rings. The fraction of sp³-hybridized carbons (Fsp3) is 0.235. The molecule has 5 nitrogen and oxygen atoms in total. The highest BCUT2D eigenvalue weighted by Crippen LogP contribution is 2.33. The van der Waals surface area contributed by atoms with Gasteiger partial charge in [-0.1, -0.05) is 0 Å². The van der Waals surface area contributed by atoms with Crippen LogP contribution in [0.2, 0.25) is 0 Å². The Labute approximate surface area is 156 Å². The van der Waals surface area contributed by atoms with Gasteiger partial charge in [0, 0.05) is 11.3 Å². The van der Waals surface area contributed by atoms with Crippen LogP contribution in [0.5, 0.6) is 0 Å². The molecule has 2 aromatic carbocycles. The van der Waals surface area contributed by atoms with Gasteiger partial charge in [-0.15, -0.1) is 0 Å². The summed E-state index contributed by atoms with van der Waals surface area (Å²) in [4.78, 5) is 10.5. The number of amides is 1. The van der Waals surface area contributed by atoms with Crippen molar-refractivity contribution in [2.45, 2.75) is 35.4 Å². The highest BCUT2D eigenvalue weighted by Gasteiger charge is 2.55. The fourth-order valence-electron chi connectivity index (χ4n) is 2.12. The van der Waals surface area contributed by atoms with Crippen molar-refractivity contribution < 1.29 is 40.3 Å². The predicted octanol–water partition coefficient (Wildman–Crippen LogP) is 3.36. The van der Waals surface area contributed by atoms with Gasteiger partial charge in [0.2, 0.25) is 15.4 Å². The number of carbonyl (C=O) groups excluding carboxylic acids is 1. The van der Waals surface area contributed by atoms with Crippen molar-refractivity contribution in [3.8, 4) is 0 Å². The van der Waals surface area contributed by atoms with Gasteiger partial charge in [-0.05, 0) is 50.2 Å². The van der Waals surface area contributed by atoms with Gasteiger partial charge in [-0.2, -0.15) is 13.2 Å². The second-order valence-electron chi connectivity index (χ2n) is 6.03. The molecule has 0 unspecified atom stereocenters. The van der Waals surface area contributed by atoms with Gasteiger partial charge in [-0.25, -0.2) is 17.2 Å². The summed E-state index contributed by atoms with van der Waals surface area (Å²) in [5, 5.41) is 11.1. The third kappa shape index (κ3) is 3.85. The minimum absolute atomic E-state index is 0.224. The lowest BCUT2D eigenvalue weighted by Gasteiger charge is -2.25. The van der Waals surface area contributed by atoms with Crippen LogP contribution in [-0.2, 0) is 14.6 Å². The summed E-state index contributed by atoms with van der Waals surface area (Å²) in [6.45, 7) is 1.26. The van der Waals surface area contributed by atoms with E-state index in [4.69, 9.17) is 0 Å². The molecule has 0 saturated carbocycles. The van der Waals surface area contributed by atoms with E-state index in [9.17, 15) is 40.3 Å². The van der Waals surface area contributed by atoms with E-state index in [1.807, 2.05) is 0 Å². The number of aliphatic hydroxyl groups is 1. The molecule has 0 spiro atoms.